The second-order valence-electron chi connectivity index (χ2n) is 9.11. The quantitative estimate of drug-likeness (QED) is 0.431. The minimum absolute atomic E-state index is 0.441. The maximum atomic E-state index is 6.43. The highest BCUT2D eigenvalue weighted by molar-refractivity contribution is 6.65. The van der Waals surface area contributed by atoms with Crippen LogP contribution in [0.3, 0.4) is 0 Å². The van der Waals surface area contributed by atoms with Crippen LogP contribution in [-0.2, 0) is 9.31 Å². The van der Waals surface area contributed by atoms with Gasteiger partial charge in [-0.15, -0.1) is 0 Å². The lowest BCUT2D eigenvalue weighted by atomic mass is 9.78. The summed E-state index contributed by atoms with van der Waals surface area (Å²) in [6, 6.07) is 24.4. The molecule has 5 rings (SSSR count). The number of imidazole rings is 1. The second kappa shape index (κ2) is 7.50. The molecule has 1 aliphatic rings. The van der Waals surface area contributed by atoms with Gasteiger partial charge < -0.3 is 14.0 Å². The molecule has 3 aromatic carbocycles. The minimum Gasteiger partial charge on any atom is -0.494 e. The van der Waals surface area contributed by atoms with Crippen LogP contribution in [0.2, 0.25) is 0 Å². The van der Waals surface area contributed by atoms with Gasteiger partial charge in [-0.05, 0) is 45.9 Å². The zero-order valence-electron chi connectivity index (χ0n) is 19.1. The van der Waals surface area contributed by atoms with Gasteiger partial charge in [-0.1, -0.05) is 54.6 Å². The van der Waals surface area contributed by atoms with Crippen molar-refractivity contribution in [3.63, 3.8) is 0 Å². The van der Waals surface area contributed by atoms with E-state index in [9.17, 15) is 0 Å². The fraction of sp³-hybridized carbons (Fsp3) is 0.269. The molecule has 5 nitrogen and oxygen atoms in total. The summed E-state index contributed by atoms with van der Waals surface area (Å²) >= 11 is 0. The van der Waals surface area contributed by atoms with Crippen LogP contribution < -0.4 is 10.2 Å². The number of fused-ring (bicyclic) bond motifs is 1. The average Bonchev–Trinajstić information content (AvgIpc) is 3.29. The van der Waals surface area contributed by atoms with E-state index in [2.05, 4.69) is 56.5 Å². The summed E-state index contributed by atoms with van der Waals surface area (Å²) in [6.07, 6.45) is 0. The Bertz CT molecular complexity index is 1250. The third kappa shape index (κ3) is 3.22. The Balaban J connectivity index is 1.83. The Hall–Kier alpha value is -3.09. The van der Waals surface area contributed by atoms with Crippen LogP contribution in [0.25, 0.3) is 28.1 Å². The van der Waals surface area contributed by atoms with E-state index in [1.54, 1.807) is 7.11 Å². The SMILES string of the molecule is COc1ccc(B2OC(C)(C)C(C)(C)O2)c2c1nc(-c1ccccc1)n2-c1ccccc1. The molecule has 1 aliphatic heterocycles. The van der Waals surface area contributed by atoms with Crippen molar-refractivity contribution in [2.45, 2.75) is 38.9 Å². The molecule has 1 saturated heterocycles. The standard InChI is InChI=1S/C26H27BN2O3/c1-25(2)26(3,4)32-27(31-25)20-16-17-21(30-5)22-23(20)29(19-14-10-7-11-15-19)24(28-22)18-12-8-6-9-13-18/h6-17H,1-5H3. The predicted molar refractivity (Wildman–Crippen MR) is 129 cm³/mol. The Morgan fingerprint density at radius 2 is 1.41 bits per heavy atom. The summed E-state index contributed by atoms with van der Waals surface area (Å²) in [4.78, 5) is 5.06. The van der Waals surface area contributed by atoms with E-state index in [4.69, 9.17) is 19.0 Å². The van der Waals surface area contributed by atoms with Gasteiger partial charge in [0.05, 0.1) is 23.8 Å². The highest BCUT2D eigenvalue weighted by Crippen LogP contribution is 2.39. The van der Waals surface area contributed by atoms with E-state index in [0.717, 1.165) is 33.6 Å². The molecule has 0 radical (unpaired) electrons. The van der Waals surface area contributed by atoms with Crippen molar-refractivity contribution < 1.29 is 14.0 Å². The molecule has 0 bridgehead atoms. The van der Waals surface area contributed by atoms with Crippen molar-refractivity contribution in [1.29, 1.82) is 0 Å². The third-order valence-electron chi connectivity index (χ3n) is 6.57. The van der Waals surface area contributed by atoms with Gasteiger partial charge in [0, 0.05) is 16.7 Å². The van der Waals surface area contributed by atoms with Gasteiger partial charge in [0.1, 0.15) is 17.1 Å². The van der Waals surface area contributed by atoms with Gasteiger partial charge in [-0.2, -0.15) is 0 Å². The van der Waals surface area contributed by atoms with Gasteiger partial charge in [0.15, 0.2) is 0 Å². The largest absolute Gasteiger partial charge is 0.497 e. The molecule has 0 aliphatic carbocycles. The number of ether oxygens (including phenoxy) is 1. The number of aromatic nitrogens is 2. The molecule has 6 heteroatoms. The van der Waals surface area contributed by atoms with Crippen molar-refractivity contribution in [2.24, 2.45) is 0 Å². The molecule has 0 N–H and O–H groups in total. The van der Waals surface area contributed by atoms with Crippen LogP contribution >= 0.6 is 0 Å². The van der Waals surface area contributed by atoms with Crippen LogP contribution in [0.4, 0.5) is 0 Å². The summed E-state index contributed by atoms with van der Waals surface area (Å²) in [5.74, 6) is 1.56. The van der Waals surface area contributed by atoms with Crippen LogP contribution in [0.5, 0.6) is 5.75 Å². The van der Waals surface area contributed by atoms with Crippen molar-refractivity contribution >= 4 is 23.6 Å². The highest BCUT2D eigenvalue weighted by Gasteiger charge is 2.52. The van der Waals surface area contributed by atoms with Crippen molar-refractivity contribution in [3.05, 3.63) is 72.8 Å². The molecular weight excluding hydrogens is 399 g/mol. The van der Waals surface area contributed by atoms with Crippen LogP contribution in [0.15, 0.2) is 72.8 Å². The molecule has 2 heterocycles. The van der Waals surface area contributed by atoms with Crippen LogP contribution in [0, 0.1) is 0 Å². The van der Waals surface area contributed by atoms with Gasteiger partial charge >= 0.3 is 7.12 Å². The maximum absolute atomic E-state index is 6.43. The number of benzene rings is 3. The highest BCUT2D eigenvalue weighted by atomic mass is 16.7. The molecular formula is C26H27BN2O3. The third-order valence-corrected chi connectivity index (χ3v) is 6.57. The minimum atomic E-state index is -0.517. The first-order chi connectivity index (χ1) is 15.3. The molecule has 0 spiro atoms. The fourth-order valence-electron chi connectivity index (χ4n) is 4.12. The van der Waals surface area contributed by atoms with E-state index in [1.807, 2.05) is 48.5 Å². The van der Waals surface area contributed by atoms with E-state index in [0.29, 0.717) is 5.75 Å². The zero-order valence-corrected chi connectivity index (χ0v) is 19.1. The summed E-state index contributed by atoms with van der Waals surface area (Å²) in [7, 11) is 1.16. The van der Waals surface area contributed by atoms with E-state index in [1.165, 1.54) is 0 Å². The Morgan fingerprint density at radius 1 is 0.812 bits per heavy atom. The van der Waals surface area contributed by atoms with Crippen LogP contribution in [-0.4, -0.2) is 35.0 Å². The lowest BCUT2D eigenvalue weighted by Gasteiger charge is -2.32. The fourth-order valence-corrected chi connectivity index (χ4v) is 4.12. The molecule has 1 aromatic heterocycles. The normalized spacial score (nSPS) is 17.1. The lowest BCUT2D eigenvalue weighted by Crippen LogP contribution is -2.41. The molecule has 0 atom stereocenters. The molecule has 4 aromatic rings. The number of para-hydroxylation sites is 1. The van der Waals surface area contributed by atoms with Gasteiger partial charge in [-0.3, -0.25) is 4.57 Å². The second-order valence-corrected chi connectivity index (χ2v) is 9.11. The van der Waals surface area contributed by atoms with E-state index in [-0.39, 0.29) is 0 Å². The number of rotatable bonds is 4. The lowest BCUT2D eigenvalue weighted by molar-refractivity contribution is 0.00578. The van der Waals surface area contributed by atoms with Gasteiger partial charge in [0.25, 0.3) is 0 Å². The summed E-state index contributed by atoms with van der Waals surface area (Å²) in [6.45, 7) is 8.27. The smallest absolute Gasteiger partial charge is 0.494 e. The Labute approximate surface area is 189 Å². The summed E-state index contributed by atoms with van der Waals surface area (Å²) < 4.78 is 20.8. The summed E-state index contributed by atoms with van der Waals surface area (Å²) in [5, 5.41) is 0. The Kier molecular flexibility index (Phi) is 4.88. The predicted octanol–water partition coefficient (Wildman–Crippen LogP) is 5.00. The maximum Gasteiger partial charge on any atom is 0.497 e. The molecule has 162 valence electrons. The topological polar surface area (TPSA) is 45.5 Å². The monoisotopic (exact) mass is 426 g/mol. The summed E-state index contributed by atoms with van der Waals surface area (Å²) in [5.41, 5.74) is 3.79. The van der Waals surface area contributed by atoms with E-state index >= 15 is 0 Å². The number of hydrogen-bond donors (Lipinski definition) is 0. The molecule has 32 heavy (non-hydrogen) atoms. The number of nitrogens with zero attached hydrogens (tertiary/aromatic N) is 2. The van der Waals surface area contributed by atoms with Crippen LogP contribution in [0.1, 0.15) is 27.7 Å². The van der Waals surface area contributed by atoms with Crippen molar-refractivity contribution in [1.82, 2.24) is 9.55 Å². The number of methoxy groups -OCH3 is 1. The first kappa shape index (κ1) is 20.8. The van der Waals surface area contributed by atoms with Gasteiger partial charge in [0.2, 0.25) is 0 Å². The van der Waals surface area contributed by atoms with Gasteiger partial charge in [-0.25, -0.2) is 4.98 Å². The van der Waals surface area contributed by atoms with Crippen molar-refractivity contribution in [3.8, 4) is 22.8 Å². The molecule has 0 unspecified atom stereocenters. The molecule has 0 amide bonds. The van der Waals surface area contributed by atoms with Crippen molar-refractivity contribution in [2.75, 3.05) is 7.11 Å². The molecule has 0 saturated carbocycles. The average molecular weight is 426 g/mol. The zero-order chi connectivity index (χ0) is 22.5. The first-order valence-electron chi connectivity index (χ1n) is 10.9. The Morgan fingerprint density at radius 3 is 2.00 bits per heavy atom. The first-order valence-corrected chi connectivity index (χ1v) is 10.9. The molecule has 1 fully saturated rings. The number of hydrogen-bond acceptors (Lipinski definition) is 4. The van der Waals surface area contributed by atoms with E-state index < -0.39 is 18.3 Å².